The maximum atomic E-state index is 13.5. The third kappa shape index (κ3) is 1.72. The molecule has 0 radical (unpaired) electrons. The van der Waals surface area contributed by atoms with Crippen LogP contribution in [0.25, 0.3) is 10.9 Å². The Bertz CT molecular complexity index is 464. The van der Waals surface area contributed by atoms with E-state index >= 15 is 0 Å². The number of benzene rings is 1. The number of halogens is 2. The summed E-state index contributed by atoms with van der Waals surface area (Å²) in [5.41, 5.74) is 0.636. The van der Waals surface area contributed by atoms with Gasteiger partial charge in [0, 0.05) is 35.7 Å². The van der Waals surface area contributed by atoms with Crippen LogP contribution in [0.4, 0.5) is 8.78 Å². The molecule has 0 aliphatic rings. The van der Waals surface area contributed by atoms with Gasteiger partial charge in [0.25, 0.3) is 5.92 Å². The topological polar surface area (TPSA) is 36.0 Å². The first-order chi connectivity index (χ1) is 7.15. The number of hydrogen-bond acceptors (Lipinski definition) is 1. The quantitative estimate of drug-likeness (QED) is 0.804. The smallest absolute Gasteiger partial charge is 0.277 e. The van der Waals surface area contributed by atoms with Gasteiger partial charge in [0.1, 0.15) is 0 Å². The van der Waals surface area contributed by atoms with E-state index in [2.05, 4.69) is 4.98 Å². The molecular weight excluding hydrogens is 200 g/mol. The van der Waals surface area contributed by atoms with E-state index in [1.807, 2.05) is 0 Å². The first kappa shape index (κ1) is 10.1. The van der Waals surface area contributed by atoms with Crippen LogP contribution >= 0.6 is 0 Å². The monoisotopic (exact) mass is 211 g/mol. The first-order valence-electron chi connectivity index (χ1n) is 4.70. The number of aromatic amines is 1. The zero-order chi connectivity index (χ0) is 10.9. The third-order valence-electron chi connectivity index (χ3n) is 2.41. The molecule has 0 amide bonds. The fourth-order valence-electron chi connectivity index (χ4n) is 1.65. The van der Waals surface area contributed by atoms with Gasteiger partial charge in [-0.2, -0.15) is 0 Å². The lowest BCUT2D eigenvalue weighted by molar-refractivity contribution is -0.0255. The molecule has 1 aromatic heterocycles. The van der Waals surface area contributed by atoms with Crippen molar-refractivity contribution < 1.29 is 13.9 Å². The van der Waals surface area contributed by atoms with Crippen molar-refractivity contribution in [2.45, 2.75) is 12.3 Å². The highest BCUT2D eigenvalue weighted by molar-refractivity contribution is 5.83. The summed E-state index contributed by atoms with van der Waals surface area (Å²) >= 11 is 0. The molecule has 15 heavy (non-hydrogen) atoms. The van der Waals surface area contributed by atoms with Gasteiger partial charge in [-0.1, -0.05) is 18.2 Å². The number of aliphatic hydroxyl groups is 1. The predicted molar refractivity (Wildman–Crippen MR) is 53.9 cm³/mol. The molecular formula is C11H11F2NO. The van der Waals surface area contributed by atoms with E-state index in [0.717, 1.165) is 0 Å². The van der Waals surface area contributed by atoms with Crippen molar-refractivity contribution in [2.24, 2.45) is 0 Å². The number of hydrogen-bond donors (Lipinski definition) is 2. The number of aromatic nitrogens is 1. The highest BCUT2D eigenvalue weighted by atomic mass is 19.3. The van der Waals surface area contributed by atoms with E-state index in [1.165, 1.54) is 6.20 Å². The second kappa shape index (κ2) is 3.62. The molecule has 1 aromatic carbocycles. The molecule has 4 heteroatoms. The number of alkyl halides is 2. The highest BCUT2D eigenvalue weighted by Gasteiger charge is 2.33. The van der Waals surface area contributed by atoms with Crippen molar-refractivity contribution in [2.75, 3.05) is 6.61 Å². The molecule has 0 bridgehead atoms. The Morgan fingerprint density at radius 2 is 2.00 bits per heavy atom. The number of fused-ring (bicyclic) bond motifs is 1. The van der Waals surface area contributed by atoms with Crippen molar-refractivity contribution in [3.63, 3.8) is 0 Å². The molecule has 0 saturated heterocycles. The van der Waals surface area contributed by atoms with Gasteiger partial charge in [0.2, 0.25) is 0 Å². The minimum atomic E-state index is -2.98. The lowest BCUT2D eigenvalue weighted by Crippen LogP contribution is -2.14. The summed E-state index contributed by atoms with van der Waals surface area (Å²) in [6.07, 6.45) is 0.759. The summed E-state index contributed by atoms with van der Waals surface area (Å²) in [7, 11) is 0. The maximum absolute atomic E-state index is 13.5. The van der Waals surface area contributed by atoms with Gasteiger partial charge in [-0.05, 0) is 6.07 Å². The van der Waals surface area contributed by atoms with Gasteiger partial charge in [-0.3, -0.25) is 0 Å². The van der Waals surface area contributed by atoms with Crippen LogP contribution in [0.15, 0.2) is 30.5 Å². The van der Waals surface area contributed by atoms with Crippen LogP contribution in [0.1, 0.15) is 12.0 Å². The van der Waals surface area contributed by atoms with Crippen molar-refractivity contribution in [3.05, 3.63) is 36.0 Å². The number of H-pyrrole nitrogens is 1. The van der Waals surface area contributed by atoms with Crippen LogP contribution in [0.3, 0.4) is 0 Å². The van der Waals surface area contributed by atoms with Crippen molar-refractivity contribution in [1.82, 2.24) is 4.98 Å². The Kier molecular flexibility index (Phi) is 2.44. The van der Waals surface area contributed by atoms with Gasteiger partial charge < -0.3 is 10.1 Å². The summed E-state index contributed by atoms with van der Waals surface area (Å²) in [5.74, 6) is -2.98. The Morgan fingerprint density at radius 3 is 2.73 bits per heavy atom. The van der Waals surface area contributed by atoms with Crippen LogP contribution in [-0.2, 0) is 5.92 Å². The van der Waals surface area contributed by atoms with E-state index in [1.54, 1.807) is 24.3 Å². The predicted octanol–water partition coefficient (Wildman–Crippen LogP) is 2.64. The number of para-hydroxylation sites is 1. The normalized spacial score (nSPS) is 12.2. The summed E-state index contributed by atoms with van der Waals surface area (Å²) in [4.78, 5) is 2.79. The molecule has 2 rings (SSSR count). The van der Waals surface area contributed by atoms with Gasteiger partial charge in [0.15, 0.2) is 0 Å². The van der Waals surface area contributed by atoms with Gasteiger partial charge in [0.05, 0.1) is 0 Å². The molecule has 0 saturated carbocycles. The zero-order valence-electron chi connectivity index (χ0n) is 8.00. The van der Waals surface area contributed by atoms with Crippen molar-refractivity contribution >= 4 is 10.9 Å². The average molecular weight is 211 g/mol. The Labute approximate surface area is 85.5 Å². The maximum Gasteiger partial charge on any atom is 0.277 e. The van der Waals surface area contributed by atoms with E-state index in [0.29, 0.717) is 10.9 Å². The van der Waals surface area contributed by atoms with E-state index in [-0.39, 0.29) is 5.56 Å². The summed E-state index contributed by atoms with van der Waals surface area (Å²) in [6, 6.07) is 6.89. The zero-order valence-corrected chi connectivity index (χ0v) is 8.00. The number of nitrogens with one attached hydrogen (secondary N) is 1. The van der Waals surface area contributed by atoms with Crippen LogP contribution in [0, 0.1) is 0 Å². The first-order valence-corrected chi connectivity index (χ1v) is 4.70. The largest absolute Gasteiger partial charge is 0.396 e. The molecule has 80 valence electrons. The van der Waals surface area contributed by atoms with E-state index in [4.69, 9.17) is 5.11 Å². The van der Waals surface area contributed by atoms with E-state index < -0.39 is 19.0 Å². The highest BCUT2D eigenvalue weighted by Crippen LogP contribution is 2.35. The molecule has 0 spiro atoms. The molecule has 1 heterocycles. The Hall–Kier alpha value is -1.42. The number of aliphatic hydroxyl groups excluding tert-OH is 1. The second-order valence-corrected chi connectivity index (χ2v) is 3.43. The molecule has 2 aromatic rings. The lowest BCUT2D eigenvalue weighted by atomic mass is 10.1. The Morgan fingerprint density at radius 1 is 1.27 bits per heavy atom. The standard InChI is InChI=1S/C11H11F2NO/c12-11(13,5-6-15)9-7-14-10-4-2-1-3-8(9)10/h1-4,7,14-15H,5-6H2. The number of rotatable bonds is 3. The fourth-order valence-corrected chi connectivity index (χ4v) is 1.65. The van der Waals surface area contributed by atoms with Crippen molar-refractivity contribution in [1.29, 1.82) is 0 Å². The van der Waals surface area contributed by atoms with Gasteiger partial charge in [-0.25, -0.2) is 8.78 Å². The molecule has 0 unspecified atom stereocenters. The Balaban J connectivity index is 2.52. The third-order valence-corrected chi connectivity index (χ3v) is 2.41. The average Bonchev–Trinajstić information content (AvgIpc) is 2.61. The van der Waals surface area contributed by atoms with Crippen LogP contribution in [0.5, 0.6) is 0 Å². The molecule has 0 fully saturated rings. The second-order valence-electron chi connectivity index (χ2n) is 3.43. The molecule has 0 aliphatic heterocycles. The minimum absolute atomic E-state index is 0.0489. The fraction of sp³-hybridized carbons (Fsp3) is 0.273. The van der Waals surface area contributed by atoms with Crippen LogP contribution in [-0.4, -0.2) is 16.7 Å². The van der Waals surface area contributed by atoms with Crippen LogP contribution < -0.4 is 0 Å². The van der Waals surface area contributed by atoms with E-state index in [9.17, 15) is 8.78 Å². The molecule has 0 aliphatic carbocycles. The van der Waals surface area contributed by atoms with Crippen molar-refractivity contribution in [3.8, 4) is 0 Å². The van der Waals surface area contributed by atoms with Gasteiger partial charge >= 0.3 is 0 Å². The minimum Gasteiger partial charge on any atom is -0.396 e. The summed E-state index contributed by atoms with van der Waals surface area (Å²) in [6.45, 7) is -0.521. The molecule has 2 N–H and O–H groups in total. The van der Waals surface area contributed by atoms with Crippen LogP contribution in [0.2, 0.25) is 0 Å². The van der Waals surface area contributed by atoms with Gasteiger partial charge in [-0.15, -0.1) is 0 Å². The lowest BCUT2D eigenvalue weighted by Gasteiger charge is -2.13. The summed E-state index contributed by atoms with van der Waals surface area (Å²) < 4.78 is 27.1. The summed E-state index contributed by atoms with van der Waals surface area (Å²) in [5, 5.41) is 9.09. The SMILES string of the molecule is OCCC(F)(F)c1c[nH]c2ccccc12. The molecule has 0 atom stereocenters. The molecule has 2 nitrogen and oxygen atoms in total.